The van der Waals surface area contributed by atoms with Crippen LogP contribution in [0.5, 0.6) is 0 Å². The van der Waals surface area contributed by atoms with Crippen LogP contribution in [0.15, 0.2) is 23.1 Å². The van der Waals surface area contributed by atoms with Gasteiger partial charge >= 0.3 is 6.03 Å². The maximum atomic E-state index is 13.5. The first kappa shape index (κ1) is 28.7. The monoisotopic (exact) mass is 531 g/mol. The number of aryl methyl sites for hydroxylation is 1. The van der Waals surface area contributed by atoms with E-state index in [1.54, 1.807) is 7.11 Å². The zero-order valence-corrected chi connectivity index (χ0v) is 23.9. The average Bonchev–Trinajstić information content (AvgIpc) is 3.41. The molecule has 1 saturated carbocycles. The van der Waals surface area contributed by atoms with Crippen molar-refractivity contribution in [3.05, 3.63) is 29.3 Å². The van der Waals surface area contributed by atoms with Gasteiger partial charge in [-0.3, -0.25) is 0 Å². The summed E-state index contributed by atoms with van der Waals surface area (Å²) in [6, 6.07) is 6.65. The number of ether oxygens (including phenoxy) is 1. The Hall–Kier alpha value is -1.28. The van der Waals surface area contributed by atoms with Gasteiger partial charge in [0.05, 0.1) is 5.60 Å². The molecule has 2 heterocycles. The second kappa shape index (κ2) is 14.2. The highest BCUT2D eigenvalue weighted by molar-refractivity contribution is 7.99. The number of unbranched alkanes of at least 4 members (excludes halogenated alkanes) is 1. The quantitative estimate of drug-likeness (QED) is 0.319. The molecule has 7 heteroatoms. The van der Waals surface area contributed by atoms with E-state index in [9.17, 15) is 9.90 Å². The Morgan fingerprint density at radius 1 is 1.22 bits per heavy atom. The normalized spacial score (nSPS) is 22.9. The molecular weight excluding hydrogens is 482 g/mol. The number of carbonyl (C=O) groups is 1. The van der Waals surface area contributed by atoms with Gasteiger partial charge in [-0.05, 0) is 69.0 Å². The minimum atomic E-state index is -0.929. The third kappa shape index (κ3) is 7.43. The van der Waals surface area contributed by atoms with Gasteiger partial charge in [0, 0.05) is 56.0 Å². The number of urea groups is 1. The second-order valence-electron chi connectivity index (χ2n) is 11.5. The Morgan fingerprint density at radius 3 is 2.84 bits per heavy atom. The molecule has 1 aliphatic carbocycles. The molecule has 1 saturated heterocycles. The highest BCUT2D eigenvalue weighted by Gasteiger charge is 2.43. The molecule has 1 aromatic rings. The number of carbonyl (C=O) groups excluding carboxylic acids is 1. The minimum absolute atomic E-state index is 0.0309. The number of fused-ring (bicyclic) bond motifs is 1. The van der Waals surface area contributed by atoms with E-state index in [1.165, 1.54) is 42.6 Å². The standard InChI is InChI=1S/C30H49N3O3S/c1-31-21-26(20-23-10-4-3-5-11-23)32-29(34)33-17-9-13-25(22-33)30(35,16-6-7-18-36-2)27-14-8-12-24-15-19-37-28(24)27/h8,12,14,23,25-26,31,35H,3-7,9-11,13,15-22H2,1-2H3,(H,32,34)/t25-,26+,30+/m1/s1. The molecule has 3 atom stereocenters. The lowest BCUT2D eigenvalue weighted by atomic mass is 9.73. The minimum Gasteiger partial charge on any atom is -0.385 e. The van der Waals surface area contributed by atoms with Crippen LogP contribution in [0.3, 0.4) is 0 Å². The lowest BCUT2D eigenvalue weighted by Gasteiger charge is -2.44. The number of likely N-dealkylation sites (tertiary alicyclic amines) is 1. The zero-order valence-electron chi connectivity index (χ0n) is 23.1. The zero-order chi connectivity index (χ0) is 26.1. The number of nitrogens with zero attached hydrogens (tertiary/aromatic N) is 1. The highest BCUT2D eigenvalue weighted by Crippen LogP contribution is 2.46. The van der Waals surface area contributed by atoms with Gasteiger partial charge < -0.3 is 25.4 Å². The van der Waals surface area contributed by atoms with Crippen LogP contribution in [0.1, 0.15) is 81.8 Å². The van der Waals surface area contributed by atoms with Crippen molar-refractivity contribution in [1.82, 2.24) is 15.5 Å². The summed E-state index contributed by atoms with van der Waals surface area (Å²) >= 11 is 1.88. The molecule has 0 unspecified atom stereocenters. The molecule has 4 rings (SSSR count). The molecule has 0 radical (unpaired) electrons. The highest BCUT2D eigenvalue weighted by atomic mass is 32.2. The number of piperidine rings is 1. The van der Waals surface area contributed by atoms with Crippen LogP contribution >= 0.6 is 11.8 Å². The van der Waals surface area contributed by atoms with Gasteiger partial charge in [-0.2, -0.15) is 0 Å². The predicted molar refractivity (Wildman–Crippen MR) is 152 cm³/mol. The van der Waals surface area contributed by atoms with Crippen LogP contribution in [0.25, 0.3) is 0 Å². The average molecular weight is 532 g/mol. The summed E-state index contributed by atoms with van der Waals surface area (Å²) < 4.78 is 5.29. The lowest BCUT2D eigenvalue weighted by Crippen LogP contribution is -2.54. The number of aliphatic hydroxyl groups is 1. The number of hydrogen-bond acceptors (Lipinski definition) is 5. The van der Waals surface area contributed by atoms with Gasteiger partial charge in [0.1, 0.15) is 0 Å². The fourth-order valence-corrected chi connectivity index (χ4v) is 8.12. The SMILES string of the molecule is CNC[C@H](CC1CCCCC1)NC(=O)N1CCC[C@@H]([C@@](O)(CCCCOC)c2cccc3c2SCC3)C1. The van der Waals surface area contributed by atoms with E-state index in [1.807, 2.05) is 23.7 Å². The van der Waals surface area contributed by atoms with Crippen molar-refractivity contribution in [3.63, 3.8) is 0 Å². The van der Waals surface area contributed by atoms with E-state index in [0.717, 1.165) is 68.8 Å². The molecule has 0 spiro atoms. The van der Waals surface area contributed by atoms with Crippen molar-refractivity contribution < 1.29 is 14.6 Å². The smallest absolute Gasteiger partial charge is 0.317 e. The first-order chi connectivity index (χ1) is 18.0. The number of benzene rings is 1. The Bertz CT molecular complexity index is 862. The van der Waals surface area contributed by atoms with Crippen molar-refractivity contribution in [2.24, 2.45) is 11.8 Å². The van der Waals surface area contributed by atoms with Crippen molar-refractivity contribution in [1.29, 1.82) is 0 Å². The van der Waals surface area contributed by atoms with Crippen LogP contribution in [0.4, 0.5) is 4.79 Å². The Labute approximate surface area is 228 Å². The number of nitrogens with one attached hydrogen (secondary N) is 2. The van der Waals surface area contributed by atoms with Gasteiger partial charge in [0.2, 0.25) is 0 Å². The number of hydrogen-bond donors (Lipinski definition) is 3. The Balaban J connectivity index is 1.46. The van der Waals surface area contributed by atoms with Gasteiger partial charge in [-0.15, -0.1) is 11.8 Å². The lowest BCUT2D eigenvalue weighted by molar-refractivity contribution is -0.0584. The first-order valence-electron chi connectivity index (χ1n) is 14.7. The molecular formula is C30H49N3O3S. The molecule has 0 bridgehead atoms. The Morgan fingerprint density at radius 2 is 2.05 bits per heavy atom. The molecule has 6 nitrogen and oxygen atoms in total. The van der Waals surface area contributed by atoms with Gasteiger partial charge in [-0.25, -0.2) is 4.79 Å². The predicted octanol–water partition coefficient (Wildman–Crippen LogP) is 5.32. The van der Waals surface area contributed by atoms with E-state index in [0.29, 0.717) is 19.6 Å². The largest absolute Gasteiger partial charge is 0.385 e. The van der Waals surface area contributed by atoms with Crippen molar-refractivity contribution in [3.8, 4) is 0 Å². The first-order valence-corrected chi connectivity index (χ1v) is 15.7. The molecule has 0 aromatic heterocycles. The number of amides is 2. The molecule has 2 aliphatic heterocycles. The van der Waals surface area contributed by atoms with Crippen LogP contribution in [-0.2, 0) is 16.8 Å². The molecule has 3 aliphatic rings. The van der Waals surface area contributed by atoms with E-state index in [-0.39, 0.29) is 18.0 Å². The molecule has 1 aromatic carbocycles. The molecule has 2 fully saturated rings. The summed E-state index contributed by atoms with van der Waals surface area (Å²) in [6.45, 7) is 2.89. The Kier molecular flexibility index (Phi) is 11.0. The van der Waals surface area contributed by atoms with Gasteiger partial charge in [0.15, 0.2) is 0 Å². The van der Waals surface area contributed by atoms with Crippen LogP contribution in [0, 0.1) is 11.8 Å². The summed E-state index contributed by atoms with van der Waals surface area (Å²) in [5.41, 5.74) is 1.52. The number of thioether (sulfide) groups is 1. The van der Waals surface area contributed by atoms with E-state index in [2.05, 4.69) is 28.8 Å². The van der Waals surface area contributed by atoms with Crippen LogP contribution in [-0.4, -0.2) is 68.2 Å². The maximum Gasteiger partial charge on any atom is 0.317 e. The summed E-state index contributed by atoms with van der Waals surface area (Å²) in [6.07, 6.45) is 13.1. The third-order valence-electron chi connectivity index (χ3n) is 8.84. The van der Waals surface area contributed by atoms with Gasteiger partial charge in [-0.1, -0.05) is 50.3 Å². The summed E-state index contributed by atoms with van der Waals surface area (Å²) in [5, 5.41) is 19.1. The van der Waals surface area contributed by atoms with E-state index >= 15 is 0 Å². The molecule has 3 N–H and O–H groups in total. The van der Waals surface area contributed by atoms with Gasteiger partial charge in [0.25, 0.3) is 0 Å². The third-order valence-corrected chi connectivity index (χ3v) is 10.0. The van der Waals surface area contributed by atoms with Crippen LogP contribution in [0.2, 0.25) is 0 Å². The fourth-order valence-electron chi connectivity index (χ4n) is 6.84. The number of rotatable bonds is 12. The molecule has 37 heavy (non-hydrogen) atoms. The van der Waals surface area contributed by atoms with E-state index in [4.69, 9.17) is 4.74 Å². The molecule has 208 valence electrons. The van der Waals surface area contributed by atoms with Crippen LogP contribution < -0.4 is 10.6 Å². The van der Waals surface area contributed by atoms with E-state index < -0.39 is 5.60 Å². The number of likely N-dealkylation sites (N-methyl/N-ethyl adjacent to an activating group) is 1. The number of methoxy groups -OCH3 is 1. The summed E-state index contributed by atoms with van der Waals surface area (Å²) in [7, 11) is 3.71. The topological polar surface area (TPSA) is 73.8 Å². The second-order valence-corrected chi connectivity index (χ2v) is 12.6. The van der Waals surface area contributed by atoms with Crippen molar-refractivity contribution in [2.45, 2.75) is 93.6 Å². The summed E-state index contributed by atoms with van der Waals surface area (Å²) in [5.74, 6) is 1.83. The summed E-state index contributed by atoms with van der Waals surface area (Å²) in [4.78, 5) is 16.8. The van der Waals surface area contributed by atoms with Crippen molar-refractivity contribution in [2.75, 3.05) is 46.2 Å². The maximum absolute atomic E-state index is 13.5. The van der Waals surface area contributed by atoms with Crippen molar-refractivity contribution >= 4 is 17.8 Å². The fraction of sp³-hybridized carbons (Fsp3) is 0.767. The molecule has 2 amide bonds.